The number of halogens is 3. The summed E-state index contributed by atoms with van der Waals surface area (Å²) >= 11 is 13.3. The van der Waals surface area contributed by atoms with Gasteiger partial charge in [0, 0.05) is 55.4 Å². The van der Waals surface area contributed by atoms with Gasteiger partial charge >= 0.3 is 0 Å². The van der Waals surface area contributed by atoms with Crippen LogP contribution in [0.15, 0.2) is 24.5 Å². The summed E-state index contributed by atoms with van der Waals surface area (Å²) in [5, 5.41) is 19.7. The van der Waals surface area contributed by atoms with Gasteiger partial charge < -0.3 is 19.9 Å². The molecular weight excluding hydrogens is 534 g/mol. The molecule has 38 heavy (non-hydrogen) atoms. The number of fused-ring (bicyclic) bond motifs is 1. The number of benzene rings is 1. The predicted octanol–water partition coefficient (Wildman–Crippen LogP) is 4.04. The van der Waals surface area contributed by atoms with Crippen molar-refractivity contribution >= 4 is 45.7 Å². The lowest BCUT2D eigenvalue weighted by molar-refractivity contribution is -0.265. The molecule has 2 aliphatic heterocycles. The summed E-state index contributed by atoms with van der Waals surface area (Å²) in [6.45, 7) is 1.63. The van der Waals surface area contributed by atoms with Crippen LogP contribution in [0.25, 0.3) is 10.9 Å². The first-order valence-corrected chi connectivity index (χ1v) is 13.7. The van der Waals surface area contributed by atoms with Crippen molar-refractivity contribution in [1.29, 1.82) is 0 Å². The Balaban J connectivity index is 1.10. The highest BCUT2D eigenvalue weighted by molar-refractivity contribution is 6.32. The molecule has 9 nitrogen and oxygen atoms in total. The summed E-state index contributed by atoms with van der Waals surface area (Å²) < 4.78 is 28.3. The zero-order valence-corrected chi connectivity index (χ0v) is 22.4. The summed E-state index contributed by atoms with van der Waals surface area (Å²) in [5.41, 5.74) is 1.96. The molecule has 0 spiro atoms. The molecule has 0 radical (unpaired) electrons. The highest BCUT2D eigenvalue weighted by Gasteiger charge is 2.71. The van der Waals surface area contributed by atoms with Crippen LogP contribution in [0.4, 0.5) is 16.0 Å². The van der Waals surface area contributed by atoms with E-state index >= 15 is 4.39 Å². The Morgan fingerprint density at radius 1 is 1.21 bits per heavy atom. The van der Waals surface area contributed by atoms with Crippen molar-refractivity contribution in [3.8, 4) is 0 Å². The molecule has 3 saturated carbocycles. The second kappa shape index (κ2) is 8.97. The first-order valence-electron chi connectivity index (χ1n) is 13.0. The third kappa shape index (κ3) is 3.83. The number of aromatic nitrogens is 4. The number of likely N-dealkylation sites (tertiary alicyclic amines) is 1. The number of aliphatic hydroxyl groups excluding tert-OH is 1. The molecule has 4 heterocycles. The van der Waals surface area contributed by atoms with Crippen LogP contribution in [-0.4, -0.2) is 87.1 Å². The molecule has 3 aliphatic carbocycles. The van der Waals surface area contributed by atoms with E-state index in [0.29, 0.717) is 53.5 Å². The number of nitrogens with one attached hydrogen (secondary N) is 1. The SMILES string of the molecule is COC12CC(n3ncc(Nc4ncc5cc(Cl)c([C@@H]6CCN([C@H]7COC[C@H]7O)C[C@H]6F)cc5n4)c3Cl)(C1)C2. The average molecular weight is 563 g/mol. The first-order chi connectivity index (χ1) is 18.3. The largest absolute Gasteiger partial charge is 0.389 e. The number of ether oxygens (including phenoxy) is 2. The highest BCUT2D eigenvalue weighted by Crippen LogP contribution is 2.67. The van der Waals surface area contributed by atoms with Gasteiger partial charge in [-0.15, -0.1) is 0 Å². The molecule has 5 fully saturated rings. The maximum atomic E-state index is 15.4. The zero-order valence-electron chi connectivity index (χ0n) is 20.9. The van der Waals surface area contributed by atoms with Crippen molar-refractivity contribution < 1.29 is 19.0 Å². The van der Waals surface area contributed by atoms with E-state index in [2.05, 4.69) is 20.4 Å². The molecule has 2 aromatic heterocycles. The number of anilines is 2. The maximum Gasteiger partial charge on any atom is 0.227 e. The molecule has 3 aromatic rings. The molecule has 12 heteroatoms. The number of nitrogens with zero attached hydrogens (tertiary/aromatic N) is 5. The molecule has 2 saturated heterocycles. The number of hydrogen-bond donors (Lipinski definition) is 2. The van der Waals surface area contributed by atoms with Crippen molar-refractivity contribution in [1.82, 2.24) is 24.6 Å². The fourth-order valence-electron chi connectivity index (χ4n) is 6.83. The van der Waals surface area contributed by atoms with Gasteiger partial charge in [-0.05, 0) is 30.7 Å². The molecule has 8 rings (SSSR count). The Kier molecular flexibility index (Phi) is 5.88. The van der Waals surface area contributed by atoms with E-state index in [1.807, 2.05) is 15.6 Å². The smallest absolute Gasteiger partial charge is 0.227 e. The molecule has 4 atom stereocenters. The molecular formula is C26H29Cl2FN6O3. The van der Waals surface area contributed by atoms with Gasteiger partial charge in [0.1, 0.15) is 6.17 Å². The second-order valence-corrected chi connectivity index (χ2v) is 12.0. The fourth-order valence-corrected chi connectivity index (χ4v) is 7.46. The van der Waals surface area contributed by atoms with Gasteiger partial charge in [-0.25, -0.2) is 19.0 Å². The number of piperidine rings is 1. The maximum absolute atomic E-state index is 15.4. The van der Waals surface area contributed by atoms with E-state index in [4.69, 9.17) is 32.7 Å². The van der Waals surface area contributed by atoms with Crippen molar-refractivity contribution in [3.05, 3.63) is 40.3 Å². The van der Waals surface area contributed by atoms with Crippen molar-refractivity contribution in [3.63, 3.8) is 0 Å². The third-order valence-corrected chi connectivity index (χ3v) is 9.64. The molecule has 1 aromatic carbocycles. The quantitative estimate of drug-likeness (QED) is 0.464. The number of rotatable bonds is 6. The topological polar surface area (TPSA) is 97.6 Å². The third-order valence-electron chi connectivity index (χ3n) is 8.95. The van der Waals surface area contributed by atoms with Crippen LogP contribution in [0.2, 0.25) is 10.2 Å². The minimum atomic E-state index is -1.12. The van der Waals surface area contributed by atoms with E-state index in [9.17, 15) is 5.11 Å². The number of methoxy groups -OCH3 is 1. The van der Waals surface area contributed by atoms with Gasteiger partial charge in [0.05, 0.1) is 53.9 Å². The van der Waals surface area contributed by atoms with Gasteiger partial charge in [0.15, 0.2) is 5.15 Å². The fraction of sp³-hybridized carbons (Fsp3) is 0.577. The Bertz CT molecular complexity index is 1390. The van der Waals surface area contributed by atoms with E-state index in [1.54, 1.807) is 25.6 Å². The predicted molar refractivity (Wildman–Crippen MR) is 141 cm³/mol. The molecule has 202 valence electrons. The van der Waals surface area contributed by atoms with Gasteiger partial charge in [-0.3, -0.25) is 4.90 Å². The van der Waals surface area contributed by atoms with E-state index < -0.39 is 12.3 Å². The molecule has 2 bridgehead atoms. The normalized spacial score (nSPS) is 34.8. The van der Waals surface area contributed by atoms with Gasteiger partial charge in [-0.1, -0.05) is 23.2 Å². The molecule has 2 N–H and O–H groups in total. The van der Waals surface area contributed by atoms with Gasteiger partial charge in [0.25, 0.3) is 0 Å². The summed E-state index contributed by atoms with van der Waals surface area (Å²) in [4.78, 5) is 11.1. The summed E-state index contributed by atoms with van der Waals surface area (Å²) in [5.74, 6) is 0.0186. The number of aliphatic hydroxyl groups is 1. The Hall–Kier alpha value is -2.08. The summed E-state index contributed by atoms with van der Waals surface area (Å²) in [6.07, 6.45) is 5.02. The first kappa shape index (κ1) is 24.9. The van der Waals surface area contributed by atoms with Crippen LogP contribution < -0.4 is 5.32 Å². The minimum absolute atomic E-state index is 0.00921. The van der Waals surface area contributed by atoms with Crippen LogP contribution in [0, 0.1) is 0 Å². The Morgan fingerprint density at radius 3 is 2.74 bits per heavy atom. The lowest BCUT2D eigenvalue weighted by Gasteiger charge is -2.68. The molecule has 5 aliphatic rings. The zero-order chi connectivity index (χ0) is 26.2. The second-order valence-electron chi connectivity index (χ2n) is 11.2. The standard InChI is InChI=1S/C26H29Cl2FN6O3/c1-37-26-11-25(12-26,13-26)35-23(28)20(7-31-35)33-24-30-6-14-4-17(27)16(5-19(14)32-24)15-2-3-34(8-18(15)29)21-9-38-10-22(21)36/h4-7,15,18,21-22,36H,2-3,8-13H2,1H3,(H,30,32,33)/t15-,18+,21-,22+,25?,26?/m0/s1. The van der Waals surface area contributed by atoms with Crippen LogP contribution in [-0.2, 0) is 15.0 Å². The Morgan fingerprint density at radius 2 is 2.03 bits per heavy atom. The lowest BCUT2D eigenvalue weighted by Crippen LogP contribution is -2.73. The molecule has 0 amide bonds. The van der Waals surface area contributed by atoms with Crippen LogP contribution in [0.3, 0.4) is 0 Å². The van der Waals surface area contributed by atoms with Gasteiger partial charge in [0.2, 0.25) is 5.95 Å². The highest BCUT2D eigenvalue weighted by atomic mass is 35.5. The summed E-state index contributed by atoms with van der Waals surface area (Å²) in [6, 6.07) is 3.50. The van der Waals surface area contributed by atoms with Crippen molar-refractivity contribution in [2.75, 3.05) is 38.7 Å². The number of alkyl halides is 1. The van der Waals surface area contributed by atoms with Crippen LogP contribution in [0.5, 0.6) is 0 Å². The van der Waals surface area contributed by atoms with Crippen molar-refractivity contribution in [2.45, 2.75) is 61.1 Å². The van der Waals surface area contributed by atoms with Crippen molar-refractivity contribution in [2.24, 2.45) is 0 Å². The average Bonchev–Trinajstić information content (AvgIpc) is 3.44. The lowest BCUT2D eigenvalue weighted by atomic mass is 9.46. The summed E-state index contributed by atoms with van der Waals surface area (Å²) in [7, 11) is 1.75. The van der Waals surface area contributed by atoms with Crippen LogP contribution in [0.1, 0.15) is 37.2 Å². The monoisotopic (exact) mass is 562 g/mol. The Labute approximate surface area is 229 Å². The van der Waals surface area contributed by atoms with Crippen LogP contribution >= 0.6 is 23.2 Å². The van der Waals surface area contributed by atoms with E-state index in [1.165, 1.54) is 0 Å². The van der Waals surface area contributed by atoms with E-state index in [-0.39, 0.29) is 29.6 Å². The molecule has 0 unspecified atom stereocenters. The minimum Gasteiger partial charge on any atom is -0.389 e. The number of hydrogen-bond acceptors (Lipinski definition) is 8. The van der Waals surface area contributed by atoms with E-state index in [0.717, 1.165) is 30.2 Å². The van der Waals surface area contributed by atoms with Gasteiger partial charge in [-0.2, -0.15) is 5.10 Å².